The number of hydrogen-bond acceptors (Lipinski definition) is 2. The minimum atomic E-state index is -0.255. The first-order chi connectivity index (χ1) is 13.0. The second-order valence-electron chi connectivity index (χ2n) is 8.31. The molecule has 1 aromatic carbocycles. The topological polar surface area (TPSA) is 28.5 Å². The number of halogens is 1. The second-order valence-corrected chi connectivity index (χ2v) is 8.31. The quantitative estimate of drug-likeness (QED) is 0.817. The maximum absolute atomic E-state index is 13.7. The van der Waals surface area contributed by atoms with Crippen LogP contribution in [0.3, 0.4) is 0 Å². The molecule has 2 fully saturated rings. The molecular formula is C22H30FN3O. The molecule has 0 aliphatic carbocycles. The molecule has 2 aliphatic heterocycles. The Bertz CT molecular complexity index is 838. The minimum Gasteiger partial charge on any atom is -0.339 e. The van der Waals surface area contributed by atoms with Gasteiger partial charge < -0.3 is 14.4 Å². The summed E-state index contributed by atoms with van der Waals surface area (Å²) in [6.45, 7) is 7.12. The first kappa shape index (κ1) is 18.5. The highest BCUT2D eigenvalue weighted by Gasteiger charge is 2.29. The summed E-state index contributed by atoms with van der Waals surface area (Å²) in [6, 6.07) is 4.77. The lowest BCUT2D eigenvalue weighted by atomic mass is 9.96. The van der Waals surface area contributed by atoms with Crippen LogP contribution >= 0.6 is 0 Å². The molecule has 0 bridgehead atoms. The monoisotopic (exact) mass is 371 g/mol. The third-order valence-corrected chi connectivity index (χ3v) is 6.39. The van der Waals surface area contributed by atoms with E-state index >= 15 is 0 Å². The first-order valence-corrected chi connectivity index (χ1v) is 10.3. The molecule has 4 rings (SSSR count). The maximum atomic E-state index is 13.7. The van der Waals surface area contributed by atoms with E-state index in [1.54, 1.807) is 6.07 Å². The highest BCUT2D eigenvalue weighted by atomic mass is 19.1. The SMILES string of the molecule is Cc1c(C(=O)N2CCC[C@H](CN3CCCCC3)C2)n(C)c2ccc(F)cc12. The van der Waals surface area contributed by atoms with Gasteiger partial charge in [0.1, 0.15) is 11.5 Å². The van der Waals surface area contributed by atoms with Gasteiger partial charge in [0.15, 0.2) is 0 Å². The zero-order valence-electron chi connectivity index (χ0n) is 16.5. The summed E-state index contributed by atoms with van der Waals surface area (Å²) in [6.07, 6.45) is 6.25. The number of aromatic nitrogens is 1. The fourth-order valence-corrected chi connectivity index (χ4v) is 4.96. The van der Waals surface area contributed by atoms with Crippen molar-refractivity contribution in [1.82, 2.24) is 14.4 Å². The van der Waals surface area contributed by atoms with Crippen molar-refractivity contribution >= 4 is 16.8 Å². The van der Waals surface area contributed by atoms with E-state index in [9.17, 15) is 9.18 Å². The molecule has 5 heteroatoms. The molecule has 2 aromatic rings. The van der Waals surface area contributed by atoms with Gasteiger partial charge in [0.05, 0.1) is 0 Å². The van der Waals surface area contributed by atoms with Gasteiger partial charge in [0.25, 0.3) is 5.91 Å². The number of fused-ring (bicyclic) bond motifs is 1. The van der Waals surface area contributed by atoms with E-state index in [0.717, 1.165) is 42.5 Å². The van der Waals surface area contributed by atoms with Gasteiger partial charge in [-0.25, -0.2) is 4.39 Å². The van der Waals surface area contributed by atoms with Gasteiger partial charge in [0.2, 0.25) is 0 Å². The van der Waals surface area contributed by atoms with Gasteiger partial charge in [-0.1, -0.05) is 6.42 Å². The molecule has 27 heavy (non-hydrogen) atoms. The summed E-state index contributed by atoms with van der Waals surface area (Å²) < 4.78 is 15.6. The summed E-state index contributed by atoms with van der Waals surface area (Å²) in [4.78, 5) is 17.9. The van der Waals surface area contributed by atoms with Crippen LogP contribution < -0.4 is 0 Å². The molecule has 0 unspecified atom stereocenters. The molecule has 2 aliphatic rings. The number of rotatable bonds is 3. The van der Waals surface area contributed by atoms with Crippen LogP contribution in [0.5, 0.6) is 0 Å². The first-order valence-electron chi connectivity index (χ1n) is 10.3. The predicted molar refractivity (Wildman–Crippen MR) is 107 cm³/mol. The lowest BCUT2D eigenvalue weighted by Crippen LogP contribution is -2.45. The Balaban J connectivity index is 1.53. The van der Waals surface area contributed by atoms with Crippen molar-refractivity contribution < 1.29 is 9.18 Å². The van der Waals surface area contributed by atoms with Crippen molar-refractivity contribution in [3.05, 3.63) is 35.3 Å². The van der Waals surface area contributed by atoms with Gasteiger partial charge in [-0.05, 0) is 75.4 Å². The third kappa shape index (κ3) is 3.62. The van der Waals surface area contributed by atoms with Crippen molar-refractivity contribution in [1.29, 1.82) is 0 Å². The number of carbonyl (C=O) groups is 1. The van der Waals surface area contributed by atoms with Crippen molar-refractivity contribution in [2.75, 3.05) is 32.7 Å². The van der Waals surface area contributed by atoms with Crippen LogP contribution in [-0.2, 0) is 7.05 Å². The smallest absolute Gasteiger partial charge is 0.270 e. The van der Waals surface area contributed by atoms with Crippen LogP contribution in [0.4, 0.5) is 4.39 Å². The summed E-state index contributed by atoms with van der Waals surface area (Å²) >= 11 is 0. The van der Waals surface area contributed by atoms with Crippen LogP contribution in [-0.4, -0.2) is 53.0 Å². The molecule has 0 saturated carbocycles. The fourth-order valence-electron chi connectivity index (χ4n) is 4.96. The van der Waals surface area contributed by atoms with E-state index in [2.05, 4.69) is 4.90 Å². The number of amides is 1. The molecule has 146 valence electrons. The lowest BCUT2D eigenvalue weighted by Gasteiger charge is -2.37. The van der Waals surface area contributed by atoms with E-state index < -0.39 is 0 Å². The van der Waals surface area contributed by atoms with E-state index in [-0.39, 0.29) is 11.7 Å². The number of carbonyl (C=O) groups excluding carboxylic acids is 1. The second kappa shape index (κ2) is 7.63. The van der Waals surface area contributed by atoms with Crippen molar-refractivity contribution in [2.45, 2.75) is 39.0 Å². The van der Waals surface area contributed by atoms with Crippen molar-refractivity contribution in [3.8, 4) is 0 Å². The van der Waals surface area contributed by atoms with Crippen molar-refractivity contribution in [3.63, 3.8) is 0 Å². The Morgan fingerprint density at radius 1 is 1.15 bits per heavy atom. The molecule has 0 N–H and O–H groups in total. The van der Waals surface area contributed by atoms with Gasteiger partial charge >= 0.3 is 0 Å². The Morgan fingerprint density at radius 3 is 2.70 bits per heavy atom. The Labute approximate surface area is 160 Å². The highest BCUT2D eigenvalue weighted by molar-refractivity contribution is 6.01. The number of aryl methyl sites for hydroxylation is 2. The van der Waals surface area contributed by atoms with Gasteiger partial charge in [-0.15, -0.1) is 0 Å². The zero-order valence-corrected chi connectivity index (χ0v) is 16.5. The van der Waals surface area contributed by atoms with Crippen LogP contribution in [0.1, 0.15) is 48.2 Å². The number of nitrogens with zero attached hydrogens (tertiary/aromatic N) is 3. The zero-order chi connectivity index (χ0) is 19.0. The predicted octanol–water partition coefficient (Wildman–Crippen LogP) is 3.96. The Hall–Kier alpha value is -1.88. The van der Waals surface area contributed by atoms with Crippen LogP contribution in [0.25, 0.3) is 10.9 Å². The molecule has 3 heterocycles. The van der Waals surface area contributed by atoms with Gasteiger partial charge in [0, 0.05) is 37.6 Å². The number of likely N-dealkylation sites (tertiary alicyclic amines) is 2. The average Bonchev–Trinajstić information content (AvgIpc) is 2.92. The Morgan fingerprint density at radius 2 is 1.93 bits per heavy atom. The van der Waals surface area contributed by atoms with E-state index in [4.69, 9.17) is 0 Å². The number of benzene rings is 1. The molecule has 4 nitrogen and oxygen atoms in total. The molecule has 2 saturated heterocycles. The summed E-state index contributed by atoms with van der Waals surface area (Å²) in [5.74, 6) is 0.401. The maximum Gasteiger partial charge on any atom is 0.270 e. The molecule has 0 radical (unpaired) electrons. The van der Waals surface area contributed by atoms with E-state index in [1.807, 2.05) is 23.4 Å². The van der Waals surface area contributed by atoms with Crippen LogP contribution in [0.2, 0.25) is 0 Å². The van der Waals surface area contributed by atoms with E-state index in [0.29, 0.717) is 11.6 Å². The summed E-state index contributed by atoms with van der Waals surface area (Å²) in [5.41, 5.74) is 2.50. The minimum absolute atomic E-state index is 0.0925. The molecule has 1 aromatic heterocycles. The largest absolute Gasteiger partial charge is 0.339 e. The van der Waals surface area contributed by atoms with Crippen molar-refractivity contribution in [2.24, 2.45) is 13.0 Å². The van der Waals surface area contributed by atoms with E-state index in [1.165, 1.54) is 50.9 Å². The van der Waals surface area contributed by atoms with Gasteiger partial charge in [-0.2, -0.15) is 0 Å². The fraction of sp³-hybridized carbons (Fsp3) is 0.591. The molecule has 1 amide bonds. The summed E-state index contributed by atoms with van der Waals surface area (Å²) in [5, 5.41) is 0.836. The molecule has 1 atom stereocenters. The highest BCUT2D eigenvalue weighted by Crippen LogP contribution is 2.28. The number of hydrogen-bond donors (Lipinski definition) is 0. The standard InChI is InChI=1S/C22H30FN3O/c1-16-19-13-18(23)8-9-20(19)24(2)21(16)22(27)26-12-6-7-17(15-26)14-25-10-4-3-5-11-25/h8-9,13,17H,3-7,10-12,14-15H2,1-2H3/t17-/m1/s1. The third-order valence-electron chi connectivity index (χ3n) is 6.39. The average molecular weight is 372 g/mol. The molecule has 0 spiro atoms. The number of piperidine rings is 2. The lowest BCUT2D eigenvalue weighted by molar-refractivity contribution is 0.0621. The Kier molecular flexibility index (Phi) is 5.22. The van der Waals surface area contributed by atoms with Crippen LogP contribution in [0.15, 0.2) is 18.2 Å². The molecular weight excluding hydrogens is 341 g/mol. The van der Waals surface area contributed by atoms with Gasteiger partial charge in [-0.3, -0.25) is 4.79 Å². The van der Waals surface area contributed by atoms with Crippen LogP contribution in [0, 0.1) is 18.7 Å². The summed E-state index contributed by atoms with van der Waals surface area (Å²) in [7, 11) is 1.91. The normalized spacial score (nSPS) is 21.7.